The van der Waals surface area contributed by atoms with E-state index in [4.69, 9.17) is 10.5 Å². The maximum Gasteiger partial charge on any atom is 0.416 e. The highest BCUT2D eigenvalue weighted by molar-refractivity contribution is 5.88. The molecule has 140 valence electrons. The molecule has 1 saturated carbocycles. The number of fused-ring (bicyclic) bond motifs is 1. The van der Waals surface area contributed by atoms with Crippen molar-refractivity contribution in [1.82, 2.24) is 9.78 Å². The molecule has 0 spiro atoms. The average molecular weight is 375 g/mol. The Kier molecular flexibility index (Phi) is 3.87. The maximum atomic E-state index is 12.7. The van der Waals surface area contributed by atoms with E-state index < -0.39 is 11.7 Å². The van der Waals surface area contributed by atoms with Gasteiger partial charge in [-0.25, -0.2) is 0 Å². The number of rotatable bonds is 4. The fourth-order valence-electron chi connectivity index (χ4n) is 3.31. The zero-order chi connectivity index (χ0) is 19.3. The molecule has 0 radical (unpaired) electrons. The molecule has 4 rings (SSSR count). The number of carbonyl (C=O) groups excluding carboxylic acids is 1. The number of hydrogen-bond donors (Lipinski definition) is 1. The van der Waals surface area contributed by atoms with Gasteiger partial charge in [0, 0.05) is 24.4 Å². The molecule has 2 atom stereocenters. The first-order valence-electron chi connectivity index (χ1n) is 8.34. The summed E-state index contributed by atoms with van der Waals surface area (Å²) in [6, 6.07) is 8.07. The van der Waals surface area contributed by atoms with Crippen LogP contribution in [0.3, 0.4) is 0 Å². The first-order chi connectivity index (χ1) is 12.7. The summed E-state index contributed by atoms with van der Waals surface area (Å²) in [6.45, 7) is 0. The molecule has 0 aliphatic heterocycles. The number of primary amides is 1. The number of carbonyl (C=O) groups is 1. The van der Waals surface area contributed by atoms with Crippen LogP contribution in [0, 0.1) is 5.92 Å². The fraction of sp³-hybridized carbons (Fsp3) is 0.263. The molecule has 1 aliphatic rings. The number of aryl methyl sites for hydroxylation is 1. The monoisotopic (exact) mass is 375 g/mol. The van der Waals surface area contributed by atoms with E-state index in [1.54, 1.807) is 30.1 Å². The van der Waals surface area contributed by atoms with Crippen LogP contribution in [0.15, 0.2) is 42.6 Å². The molecule has 3 aromatic rings. The van der Waals surface area contributed by atoms with E-state index in [9.17, 15) is 18.0 Å². The van der Waals surface area contributed by atoms with Gasteiger partial charge in [-0.2, -0.15) is 18.3 Å². The van der Waals surface area contributed by atoms with Crippen LogP contribution < -0.4 is 10.5 Å². The molecule has 2 aromatic carbocycles. The van der Waals surface area contributed by atoms with E-state index in [1.165, 1.54) is 12.1 Å². The molecular formula is C19H16F3N3O2. The lowest BCUT2D eigenvalue weighted by molar-refractivity contribution is -0.137. The van der Waals surface area contributed by atoms with Crippen molar-refractivity contribution in [3.8, 4) is 11.5 Å². The Balaban J connectivity index is 1.68. The lowest BCUT2D eigenvalue weighted by Crippen LogP contribution is -2.13. The Morgan fingerprint density at radius 3 is 2.52 bits per heavy atom. The van der Waals surface area contributed by atoms with Crippen molar-refractivity contribution in [3.05, 3.63) is 53.7 Å². The largest absolute Gasteiger partial charge is 0.457 e. The standard InChI is InChI=1S/C19H16F3N3O2/c1-25-17-7-12(27-11-4-2-10(3-5-11)19(20,21)22)6-13(16(17)9-24-25)14-8-15(14)18(23)26/h2-7,9,14-15H,8H2,1H3,(H2,23,26)/t14-,15+/m0/s1. The van der Waals surface area contributed by atoms with E-state index in [1.807, 2.05) is 0 Å². The van der Waals surface area contributed by atoms with Gasteiger partial charge >= 0.3 is 6.18 Å². The Morgan fingerprint density at radius 1 is 1.22 bits per heavy atom. The summed E-state index contributed by atoms with van der Waals surface area (Å²) in [5.41, 5.74) is 6.38. The maximum absolute atomic E-state index is 12.7. The number of ether oxygens (including phenoxy) is 1. The Labute approximate surface area is 152 Å². The summed E-state index contributed by atoms with van der Waals surface area (Å²) in [7, 11) is 1.78. The van der Waals surface area contributed by atoms with Crippen molar-refractivity contribution in [2.45, 2.75) is 18.5 Å². The zero-order valence-corrected chi connectivity index (χ0v) is 14.3. The van der Waals surface area contributed by atoms with E-state index in [2.05, 4.69) is 5.10 Å². The number of aromatic nitrogens is 2. The smallest absolute Gasteiger partial charge is 0.416 e. The van der Waals surface area contributed by atoms with E-state index in [-0.39, 0.29) is 23.5 Å². The highest BCUT2D eigenvalue weighted by Crippen LogP contribution is 2.50. The van der Waals surface area contributed by atoms with Crippen LogP contribution in [0.25, 0.3) is 10.9 Å². The van der Waals surface area contributed by atoms with Gasteiger partial charge in [-0.3, -0.25) is 9.48 Å². The number of nitrogens with two attached hydrogens (primary N) is 1. The molecule has 27 heavy (non-hydrogen) atoms. The zero-order valence-electron chi connectivity index (χ0n) is 14.3. The second-order valence-electron chi connectivity index (χ2n) is 6.69. The second kappa shape index (κ2) is 6.00. The van der Waals surface area contributed by atoms with Crippen LogP contribution in [0.2, 0.25) is 0 Å². The highest BCUT2D eigenvalue weighted by atomic mass is 19.4. The summed E-state index contributed by atoms with van der Waals surface area (Å²) >= 11 is 0. The summed E-state index contributed by atoms with van der Waals surface area (Å²) in [4.78, 5) is 11.5. The minimum atomic E-state index is -4.39. The lowest BCUT2D eigenvalue weighted by Gasteiger charge is -2.11. The third-order valence-electron chi connectivity index (χ3n) is 4.85. The first-order valence-corrected chi connectivity index (χ1v) is 8.34. The lowest BCUT2D eigenvalue weighted by atomic mass is 10.0. The van der Waals surface area contributed by atoms with Crippen molar-refractivity contribution in [1.29, 1.82) is 0 Å². The highest BCUT2D eigenvalue weighted by Gasteiger charge is 2.44. The molecule has 0 saturated heterocycles. The fourth-order valence-corrected chi connectivity index (χ4v) is 3.31. The third-order valence-corrected chi connectivity index (χ3v) is 4.85. The summed E-state index contributed by atoms with van der Waals surface area (Å²) < 4.78 is 45.5. The van der Waals surface area contributed by atoms with Crippen LogP contribution >= 0.6 is 0 Å². The van der Waals surface area contributed by atoms with Crippen molar-refractivity contribution in [2.75, 3.05) is 0 Å². The molecule has 1 heterocycles. The Bertz CT molecular complexity index is 1030. The number of nitrogens with zero attached hydrogens (tertiary/aromatic N) is 2. The van der Waals surface area contributed by atoms with Gasteiger partial charge in [-0.1, -0.05) is 0 Å². The van der Waals surface area contributed by atoms with E-state index >= 15 is 0 Å². The Hall–Kier alpha value is -3.03. The molecule has 1 fully saturated rings. The molecule has 1 amide bonds. The van der Waals surface area contributed by atoms with Crippen LogP contribution in [0.1, 0.15) is 23.5 Å². The summed E-state index contributed by atoms with van der Waals surface area (Å²) in [5.74, 6) is 0.208. The molecule has 1 aliphatic carbocycles. The molecular weight excluding hydrogens is 359 g/mol. The Morgan fingerprint density at radius 2 is 1.93 bits per heavy atom. The summed E-state index contributed by atoms with van der Waals surface area (Å²) in [5, 5.41) is 5.15. The van der Waals surface area contributed by atoms with Crippen molar-refractivity contribution >= 4 is 16.8 Å². The van der Waals surface area contributed by atoms with Crippen LogP contribution in [-0.2, 0) is 18.0 Å². The predicted molar refractivity (Wildman–Crippen MR) is 92.3 cm³/mol. The van der Waals surface area contributed by atoms with Gasteiger partial charge in [0.15, 0.2) is 0 Å². The van der Waals surface area contributed by atoms with Gasteiger partial charge in [0.05, 0.1) is 17.3 Å². The van der Waals surface area contributed by atoms with Crippen LogP contribution in [0.5, 0.6) is 11.5 Å². The molecule has 1 aromatic heterocycles. The third kappa shape index (κ3) is 3.22. The molecule has 0 bridgehead atoms. The minimum Gasteiger partial charge on any atom is -0.457 e. The van der Waals surface area contributed by atoms with E-state index in [0.29, 0.717) is 12.2 Å². The molecule has 0 unspecified atom stereocenters. The molecule has 5 nitrogen and oxygen atoms in total. The summed E-state index contributed by atoms with van der Waals surface area (Å²) in [6.07, 6.45) is -2.00. The van der Waals surface area contributed by atoms with Crippen molar-refractivity contribution < 1.29 is 22.7 Å². The average Bonchev–Trinajstić information content (AvgIpc) is 3.33. The van der Waals surface area contributed by atoms with Gasteiger partial charge in [-0.05, 0) is 48.2 Å². The number of halogens is 3. The normalized spacial score (nSPS) is 19.3. The van der Waals surface area contributed by atoms with Gasteiger partial charge in [0.1, 0.15) is 11.5 Å². The number of amides is 1. The van der Waals surface area contributed by atoms with Gasteiger partial charge in [0.2, 0.25) is 5.91 Å². The topological polar surface area (TPSA) is 70.1 Å². The van der Waals surface area contributed by atoms with Crippen LogP contribution in [-0.4, -0.2) is 15.7 Å². The quantitative estimate of drug-likeness (QED) is 0.750. The van der Waals surface area contributed by atoms with Gasteiger partial charge in [0.25, 0.3) is 0 Å². The second-order valence-corrected chi connectivity index (χ2v) is 6.69. The number of benzene rings is 2. The van der Waals surface area contributed by atoms with Gasteiger partial charge < -0.3 is 10.5 Å². The van der Waals surface area contributed by atoms with E-state index in [0.717, 1.165) is 28.6 Å². The van der Waals surface area contributed by atoms with Gasteiger partial charge in [-0.15, -0.1) is 0 Å². The predicted octanol–water partition coefficient (Wildman–Crippen LogP) is 3.97. The number of alkyl halides is 3. The molecule has 2 N–H and O–H groups in total. The minimum absolute atomic E-state index is 0.00496. The van der Waals surface area contributed by atoms with Crippen molar-refractivity contribution in [2.24, 2.45) is 18.7 Å². The molecule has 8 heteroatoms. The van der Waals surface area contributed by atoms with Crippen LogP contribution in [0.4, 0.5) is 13.2 Å². The first kappa shape index (κ1) is 17.4. The number of hydrogen-bond acceptors (Lipinski definition) is 3. The SMILES string of the molecule is Cn1ncc2c([C@@H]3C[C@H]3C(N)=O)cc(Oc3ccc(C(F)(F)F)cc3)cc21. The van der Waals surface area contributed by atoms with Crippen molar-refractivity contribution in [3.63, 3.8) is 0 Å².